The van der Waals surface area contributed by atoms with Gasteiger partial charge in [0.25, 0.3) is 5.56 Å². The molecule has 0 saturated carbocycles. The number of nitrogens with zero attached hydrogens (tertiary/aromatic N) is 1. The van der Waals surface area contributed by atoms with Crippen LogP contribution in [0, 0.1) is 6.92 Å². The highest BCUT2D eigenvalue weighted by Crippen LogP contribution is 2.19. The van der Waals surface area contributed by atoms with Crippen molar-refractivity contribution in [3.63, 3.8) is 0 Å². The van der Waals surface area contributed by atoms with Gasteiger partial charge < -0.3 is 14.8 Å². The maximum atomic E-state index is 12.0. The van der Waals surface area contributed by atoms with E-state index in [0.717, 1.165) is 11.3 Å². The zero-order valence-corrected chi connectivity index (χ0v) is 11.6. The van der Waals surface area contributed by atoms with E-state index in [1.165, 1.54) is 0 Å². The predicted octanol–water partition coefficient (Wildman–Crippen LogP) is 1.21. The molecule has 0 amide bonds. The van der Waals surface area contributed by atoms with Crippen molar-refractivity contribution in [3.8, 4) is 5.75 Å². The van der Waals surface area contributed by atoms with Crippen LogP contribution in [0.5, 0.6) is 5.75 Å². The van der Waals surface area contributed by atoms with Gasteiger partial charge in [0.2, 0.25) is 0 Å². The van der Waals surface area contributed by atoms with Crippen molar-refractivity contribution in [2.75, 3.05) is 13.7 Å². The van der Waals surface area contributed by atoms with Crippen LogP contribution in [0.4, 0.5) is 0 Å². The molecule has 0 aliphatic rings. The first-order valence-electron chi connectivity index (χ1n) is 6.47. The largest absolute Gasteiger partial charge is 0.496 e. The van der Waals surface area contributed by atoms with E-state index < -0.39 is 0 Å². The van der Waals surface area contributed by atoms with Gasteiger partial charge in [-0.25, -0.2) is 4.98 Å². The number of aromatic amines is 1. The number of aromatic nitrogens is 2. The van der Waals surface area contributed by atoms with Crippen LogP contribution in [0.3, 0.4) is 0 Å². The molecule has 0 aliphatic heterocycles. The fourth-order valence-corrected chi connectivity index (χ4v) is 2.19. The van der Waals surface area contributed by atoms with E-state index >= 15 is 0 Å². The third-order valence-corrected chi connectivity index (χ3v) is 3.18. The lowest BCUT2D eigenvalue weighted by molar-refractivity contribution is 0.298. The summed E-state index contributed by atoms with van der Waals surface area (Å²) in [6, 6.07) is 7.63. The van der Waals surface area contributed by atoms with Crippen molar-refractivity contribution in [2.24, 2.45) is 0 Å². The molecular weight excluding hydrogens is 256 g/mol. The second-order valence-corrected chi connectivity index (χ2v) is 4.54. The van der Waals surface area contributed by atoms with Crippen LogP contribution in [0.1, 0.15) is 22.6 Å². The van der Waals surface area contributed by atoms with E-state index in [0.29, 0.717) is 29.9 Å². The van der Waals surface area contributed by atoms with Crippen molar-refractivity contribution in [1.29, 1.82) is 0 Å². The van der Waals surface area contributed by atoms with Crippen LogP contribution in [-0.4, -0.2) is 28.8 Å². The molecule has 106 valence electrons. The highest BCUT2D eigenvalue weighted by molar-refractivity contribution is 5.35. The molecule has 0 aliphatic carbocycles. The van der Waals surface area contributed by atoms with Crippen molar-refractivity contribution in [1.82, 2.24) is 9.97 Å². The summed E-state index contributed by atoms with van der Waals surface area (Å²) >= 11 is 0. The molecule has 2 rings (SSSR count). The number of nitrogens with one attached hydrogen (secondary N) is 1. The molecule has 1 aromatic carbocycles. The van der Waals surface area contributed by atoms with Crippen LogP contribution < -0.4 is 10.3 Å². The highest BCUT2D eigenvalue weighted by atomic mass is 16.5. The normalized spacial score (nSPS) is 10.6. The van der Waals surface area contributed by atoms with Crippen LogP contribution in [-0.2, 0) is 12.8 Å². The molecule has 0 radical (unpaired) electrons. The van der Waals surface area contributed by atoms with Crippen molar-refractivity contribution >= 4 is 0 Å². The Morgan fingerprint density at radius 2 is 2.10 bits per heavy atom. The Kier molecular flexibility index (Phi) is 4.53. The Hall–Kier alpha value is -2.14. The molecular formula is C15H18N2O3. The molecule has 2 aromatic rings. The minimum absolute atomic E-state index is 0.0581. The Morgan fingerprint density at radius 1 is 1.35 bits per heavy atom. The third-order valence-electron chi connectivity index (χ3n) is 3.18. The van der Waals surface area contributed by atoms with Gasteiger partial charge in [0, 0.05) is 36.3 Å². The predicted molar refractivity (Wildman–Crippen MR) is 76.2 cm³/mol. The first-order chi connectivity index (χ1) is 9.65. The number of ether oxygens (including phenoxy) is 1. The van der Waals surface area contributed by atoms with E-state index in [4.69, 9.17) is 9.84 Å². The molecule has 0 unspecified atom stereocenters. The zero-order chi connectivity index (χ0) is 14.5. The average Bonchev–Trinajstić information content (AvgIpc) is 2.43. The monoisotopic (exact) mass is 274 g/mol. The molecule has 1 aromatic heterocycles. The smallest absolute Gasteiger partial charge is 0.254 e. The van der Waals surface area contributed by atoms with Crippen molar-refractivity contribution in [3.05, 3.63) is 57.3 Å². The van der Waals surface area contributed by atoms with E-state index in [2.05, 4.69) is 9.97 Å². The number of hydrogen-bond acceptors (Lipinski definition) is 4. The molecule has 0 atom stereocenters. The van der Waals surface area contributed by atoms with Gasteiger partial charge in [-0.1, -0.05) is 18.2 Å². The summed E-state index contributed by atoms with van der Waals surface area (Å²) in [5, 5.41) is 8.94. The quantitative estimate of drug-likeness (QED) is 0.859. The Balaban J connectivity index is 2.33. The van der Waals surface area contributed by atoms with Gasteiger partial charge >= 0.3 is 0 Å². The van der Waals surface area contributed by atoms with Gasteiger partial charge in [-0.3, -0.25) is 4.79 Å². The molecule has 0 bridgehead atoms. The summed E-state index contributed by atoms with van der Waals surface area (Å²) in [6.07, 6.45) is 0.822. The SMILES string of the molecule is COc1ccccc1Cc1nc(C)c(CCO)c(=O)[nH]1. The highest BCUT2D eigenvalue weighted by Gasteiger charge is 2.10. The van der Waals surface area contributed by atoms with Gasteiger partial charge in [0.1, 0.15) is 11.6 Å². The molecule has 1 heterocycles. The standard InChI is InChI=1S/C15H18N2O3/c1-10-12(7-8-18)15(19)17-14(16-10)9-11-5-3-4-6-13(11)20-2/h3-6,18H,7-9H2,1-2H3,(H,16,17,19). The number of methoxy groups -OCH3 is 1. The molecule has 5 nitrogen and oxygen atoms in total. The fraction of sp³-hybridized carbons (Fsp3) is 0.333. The lowest BCUT2D eigenvalue weighted by atomic mass is 10.1. The number of rotatable bonds is 5. The minimum Gasteiger partial charge on any atom is -0.496 e. The number of aliphatic hydroxyl groups excluding tert-OH is 1. The zero-order valence-electron chi connectivity index (χ0n) is 11.6. The summed E-state index contributed by atoms with van der Waals surface area (Å²) in [7, 11) is 1.62. The first kappa shape index (κ1) is 14.3. The maximum absolute atomic E-state index is 12.0. The van der Waals surface area contributed by atoms with E-state index in [-0.39, 0.29) is 12.2 Å². The van der Waals surface area contributed by atoms with E-state index in [9.17, 15) is 4.79 Å². The van der Waals surface area contributed by atoms with Gasteiger partial charge in [-0.2, -0.15) is 0 Å². The molecule has 0 saturated heterocycles. The second-order valence-electron chi connectivity index (χ2n) is 4.54. The van der Waals surface area contributed by atoms with Crippen LogP contribution in [0.25, 0.3) is 0 Å². The average molecular weight is 274 g/mol. The number of H-pyrrole nitrogens is 1. The van der Waals surface area contributed by atoms with E-state index in [1.54, 1.807) is 14.0 Å². The fourth-order valence-electron chi connectivity index (χ4n) is 2.19. The Labute approximate surface area is 117 Å². The maximum Gasteiger partial charge on any atom is 0.254 e. The van der Waals surface area contributed by atoms with Gasteiger partial charge in [-0.05, 0) is 13.0 Å². The first-order valence-corrected chi connectivity index (χ1v) is 6.47. The molecule has 0 spiro atoms. The summed E-state index contributed by atoms with van der Waals surface area (Å²) in [6.45, 7) is 1.73. The number of para-hydroxylation sites is 1. The van der Waals surface area contributed by atoms with Crippen LogP contribution in [0.2, 0.25) is 0 Å². The summed E-state index contributed by atoms with van der Waals surface area (Å²) in [4.78, 5) is 19.1. The summed E-state index contributed by atoms with van der Waals surface area (Å²) < 4.78 is 5.29. The molecule has 5 heteroatoms. The van der Waals surface area contributed by atoms with Crippen LogP contribution >= 0.6 is 0 Å². The number of benzene rings is 1. The molecule has 2 N–H and O–H groups in total. The van der Waals surface area contributed by atoms with E-state index in [1.807, 2.05) is 24.3 Å². The summed E-state index contributed by atoms with van der Waals surface area (Å²) in [5.74, 6) is 1.37. The van der Waals surface area contributed by atoms with Crippen LogP contribution in [0.15, 0.2) is 29.1 Å². The van der Waals surface area contributed by atoms with Crippen molar-refractivity contribution in [2.45, 2.75) is 19.8 Å². The number of aryl methyl sites for hydroxylation is 1. The van der Waals surface area contributed by atoms with Gasteiger partial charge in [0.05, 0.1) is 7.11 Å². The summed E-state index contributed by atoms with van der Waals surface area (Å²) in [5.41, 5.74) is 1.98. The second kappa shape index (κ2) is 6.34. The lowest BCUT2D eigenvalue weighted by Gasteiger charge is -2.09. The number of hydrogen-bond donors (Lipinski definition) is 2. The molecule has 0 fully saturated rings. The van der Waals surface area contributed by atoms with Gasteiger partial charge in [-0.15, -0.1) is 0 Å². The minimum atomic E-state index is -0.184. The third kappa shape index (κ3) is 3.05. The Bertz CT molecular complexity index is 650. The number of aliphatic hydroxyl groups is 1. The lowest BCUT2D eigenvalue weighted by Crippen LogP contribution is -2.20. The Morgan fingerprint density at radius 3 is 2.75 bits per heavy atom. The van der Waals surface area contributed by atoms with Gasteiger partial charge in [0.15, 0.2) is 0 Å². The topological polar surface area (TPSA) is 75.2 Å². The van der Waals surface area contributed by atoms with Crippen molar-refractivity contribution < 1.29 is 9.84 Å². The molecule has 20 heavy (non-hydrogen) atoms.